The number of halogens is 1. The van der Waals surface area contributed by atoms with E-state index in [4.69, 9.17) is 20.3 Å². The van der Waals surface area contributed by atoms with Crippen molar-refractivity contribution in [2.45, 2.75) is 12.5 Å². The highest BCUT2D eigenvalue weighted by Crippen LogP contribution is 2.37. The number of rotatable bonds is 5. The number of nitrogens with two attached hydrogens (primary N) is 1. The van der Waals surface area contributed by atoms with E-state index in [-0.39, 0.29) is 6.42 Å². The molecule has 0 saturated heterocycles. The molecule has 0 saturated carbocycles. The SMILES string of the molecule is COc1cc(C(N)CC(=O)O)cc(Br)c1OC. The summed E-state index contributed by atoms with van der Waals surface area (Å²) in [7, 11) is 3.04. The van der Waals surface area contributed by atoms with Crippen LogP contribution in [0.1, 0.15) is 18.0 Å². The number of ether oxygens (including phenoxy) is 2. The predicted molar refractivity (Wildman–Crippen MR) is 66.4 cm³/mol. The summed E-state index contributed by atoms with van der Waals surface area (Å²) in [6.45, 7) is 0. The molecule has 94 valence electrons. The molecule has 1 rings (SSSR count). The summed E-state index contributed by atoms with van der Waals surface area (Å²) < 4.78 is 11.0. The lowest BCUT2D eigenvalue weighted by molar-refractivity contribution is -0.137. The van der Waals surface area contributed by atoms with Crippen molar-refractivity contribution in [3.05, 3.63) is 22.2 Å². The van der Waals surface area contributed by atoms with Gasteiger partial charge in [-0.05, 0) is 33.6 Å². The largest absolute Gasteiger partial charge is 0.493 e. The Kier molecular flexibility index (Phi) is 4.77. The van der Waals surface area contributed by atoms with Gasteiger partial charge in [0.2, 0.25) is 0 Å². The molecule has 0 aliphatic heterocycles. The molecular weight excluding hydrogens is 290 g/mol. The predicted octanol–water partition coefficient (Wildman–Crippen LogP) is 1.94. The van der Waals surface area contributed by atoms with Crippen molar-refractivity contribution in [1.29, 1.82) is 0 Å². The van der Waals surface area contributed by atoms with Crippen molar-refractivity contribution in [2.24, 2.45) is 5.73 Å². The molecule has 0 amide bonds. The van der Waals surface area contributed by atoms with Crippen LogP contribution in [0.15, 0.2) is 16.6 Å². The molecule has 1 aromatic rings. The normalized spacial score (nSPS) is 12.0. The van der Waals surface area contributed by atoms with Gasteiger partial charge in [0.25, 0.3) is 0 Å². The van der Waals surface area contributed by atoms with Gasteiger partial charge >= 0.3 is 5.97 Å². The van der Waals surface area contributed by atoms with Crippen LogP contribution in [0.25, 0.3) is 0 Å². The Morgan fingerprint density at radius 2 is 2.12 bits per heavy atom. The molecule has 5 nitrogen and oxygen atoms in total. The van der Waals surface area contributed by atoms with Crippen LogP contribution in [0.3, 0.4) is 0 Å². The smallest absolute Gasteiger partial charge is 0.305 e. The topological polar surface area (TPSA) is 81.8 Å². The highest BCUT2D eigenvalue weighted by molar-refractivity contribution is 9.10. The second-order valence-corrected chi connectivity index (χ2v) is 4.30. The highest BCUT2D eigenvalue weighted by atomic mass is 79.9. The summed E-state index contributed by atoms with van der Waals surface area (Å²) in [6.07, 6.45) is -0.137. The van der Waals surface area contributed by atoms with E-state index < -0.39 is 12.0 Å². The lowest BCUT2D eigenvalue weighted by Gasteiger charge is -2.15. The number of carboxylic acid groups (broad SMARTS) is 1. The molecule has 0 bridgehead atoms. The Bertz CT molecular complexity index is 422. The Morgan fingerprint density at radius 3 is 2.59 bits per heavy atom. The van der Waals surface area contributed by atoms with E-state index in [1.807, 2.05) is 0 Å². The third-order valence-electron chi connectivity index (χ3n) is 2.28. The lowest BCUT2D eigenvalue weighted by atomic mass is 10.0. The zero-order chi connectivity index (χ0) is 13.0. The van der Waals surface area contributed by atoms with Crippen LogP contribution in [-0.2, 0) is 4.79 Å². The minimum Gasteiger partial charge on any atom is -0.493 e. The minimum absolute atomic E-state index is 0.137. The van der Waals surface area contributed by atoms with E-state index in [0.717, 1.165) is 0 Å². The highest BCUT2D eigenvalue weighted by Gasteiger charge is 2.16. The standard InChI is InChI=1S/C11H14BrNO4/c1-16-9-4-6(8(13)5-10(14)15)3-7(12)11(9)17-2/h3-4,8H,5,13H2,1-2H3,(H,14,15). The van der Waals surface area contributed by atoms with E-state index in [9.17, 15) is 4.79 Å². The van der Waals surface area contributed by atoms with Gasteiger partial charge < -0.3 is 20.3 Å². The third-order valence-corrected chi connectivity index (χ3v) is 2.87. The number of methoxy groups -OCH3 is 2. The third kappa shape index (κ3) is 3.34. The number of hydrogen-bond donors (Lipinski definition) is 2. The van der Waals surface area contributed by atoms with E-state index in [2.05, 4.69) is 15.9 Å². The number of carbonyl (C=O) groups is 1. The summed E-state index contributed by atoms with van der Waals surface area (Å²) in [5, 5.41) is 8.69. The molecule has 1 unspecified atom stereocenters. The molecule has 0 heterocycles. The summed E-state index contributed by atoms with van der Waals surface area (Å²) in [5.41, 5.74) is 6.46. The first kappa shape index (κ1) is 13.8. The van der Waals surface area contributed by atoms with E-state index in [1.54, 1.807) is 12.1 Å². The van der Waals surface area contributed by atoms with Crippen LogP contribution < -0.4 is 15.2 Å². The molecule has 0 aromatic heterocycles. The van der Waals surface area contributed by atoms with Crippen molar-refractivity contribution in [2.75, 3.05) is 14.2 Å². The van der Waals surface area contributed by atoms with Crippen LogP contribution in [-0.4, -0.2) is 25.3 Å². The molecule has 0 aliphatic carbocycles. The Labute approximate surface area is 108 Å². The van der Waals surface area contributed by atoms with Gasteiger partial charge in [-0.25, -0.2) is 0 Å². The molecule has 0 aliphatic rings. The summed E-state index contributed by atoms with van der Waals surface area (Å²) in [4.78, 5) is 10.6. The molecule has 6 heteroatoms. The van der Waals surface area contributed by atoms with Crippen molar-refractivity contribution in [1.82, 2.24) is 0 Å². The maximum atomic E-state index is 10.6. The first-order chi connectivity index (χ1) is 7.99. The van der Waals surface area contributed by atoms with Crippen LogP contribution >= 0.6 is 15.9 Å². The summed E-state index contributed by atoms with van der Waals surface area (Å²) in [6, 6.07) is 2.83. The maximum Gasteiger partial charge on any atom is 0.305 e. The first-order valence-corrected chi connectivity index (χ1v) is 5.67. The number of benzene rings is 1. The van der Waals surface area contributed by atoms with Crippen LogP contribution in [0, 0.1) is 0 Å². The number of aliphatic carboxylic acids is 1. The van der Waals surface area contributed by atoms with E-state index in [0.29, 0.717) is 21.5 Å². The van der Waals surface area contributed by atoms with Gasteiger partial charge in [-0.1, -0.05) is 0 Å². The molecule has 0 radical (unpaired) electrons. The van der Waals surface area contributed by atoms with Crippen molar-refractivity contribution < 1.29 is 19.4 Å². The van der Waals surface area contributed by atoms with Gasteiger partial charge in [-0.15, -0.1) is 0 Å². The van der Waals surface area contributed by atoms with Gasteiger partial charge in [0.1, 0.15) is 0 Å². The zero-order valence-electron chi connectivity index (χ0n) is 9.57. The number of hydrogen-bond acceptors (Lipinski definition) is 4. The lowest BCUT2D eigenvalue weighted by Crippen LogP contribution is -2.15. The van der Waals surface area contributed by atoms with Gasteiger partial charge in [0.05, 0.1) is 25.1 Å². The fourth-order valence-corrected chi connectivity index (χ4v) is 2.08. The average Bonchev–Trinajstić information content (AvgIpc) is 2.26. The Morgan fingerprint density at radius 1 is 1.47 bits per heavy atom. The van der Waals surface area contributed by atoms with Crippen LogP contribution in [0.2, 0.25) is 0 Å². The average molecular weight is 304 g/mol. The molecule has 17 heavy (non-hydrogen) atoms. The maximum absolute atomic E-state index is 10.6. The zero-order valence-corrected chi connectivity index (χ0v) is 11.2. The van der Waals surface area contributed by atoms with Gasteiger partial charge in [0.15, 0.2) is 11.5 Å². The van der Waals surface area contributed by atoms with E-state index in [1.165, 1.54) is 14.2 Å². The molecule has 1 atom stereocenters. The Hall–Kier alpha value is -1.27. The van der Waals surface area contributed by atoms with Crippen molar-refractivity contribution in [3.8, 4) is 11.5 Å². The molecular formula is C11H14BrNO4. The molecule has 1 aromatic carbocycles. The van der Waals surface area contributed by atoms with E-state index >= 15 is 0 Å². The first-order valence-electron chi connectivity index (χ1n) is 4.88. The minimum atomic E-state index is -0.941. The quantitative estimate of drug-likeness (QED) is 0.869. The van der Waals surface area contributed by atoms with Crippen molar-refractivity contribution in [3.63, 3.8) is 0 Å². The fraction of sp³-hybridized carbons (Fsp3) is 0.364. The molecule has 0 spiro atoms. The molecule has 3 N–H and O–H groups in total. The monoisotopic (exact) mass is 303 g/mol. The Balaban J connectivity index is 3.10. The fourth-order valence-electron chi connectivity index (χ4n) is 1.46. The summed E-state index contributed by atoms with van der Waals surface area (Å²) in [5.74, 6) is 0.125. The van der Waals surface area contributed by atoms with Gasteiger partial charge in [0, 0.05) is 6.04 Å². The second kappa shape index (κ2) is 5.88. The second-order valence-electron chi connectivity index (χ2n) is 3.44. The van der Waals surface area contributed by atoms with Crippen LogP contribution in [0.5, 0.6) is 11.5 Å². The number of carboxylic acids is 1. The van der Waals surface area contributed by atoms with Crippen LogP contribution in [0.4, 0.5) is 0 Å². The van der Waals surface area contributed by atoms with Crippen molar-refractivity contribution >= 4 is 21.9 Å². The van der Waals surface area contributed by atoms with Gasteiger partial charge in [-0.2, -0.15) is 0 Å². The molecule has 0 fully saturated rings. The van der Waals surface area contributed by atoms with Gasteiger partial charge in [-0.3, -0.25) is 4.79 Å². The summed E-state index contributed by atoms with van der Waals surface area (Å²) >= 11 is 3.33.